The third kappa shape index (κ3) is 7.85. The summed E-state index contributed by atoms with van der Waals surface area (Å²) in [4.78, 5) is 47.2. The van der Waals surface area contributed by atoms with Crippen LogP contribution in [0.4, 0.5) is 11.4 Å². The maximum absolute atomic E-state index is 13.2. The van der Waals surface area contributed by atoms with E-state index in [9.17, 15) is 29.8 Å². The molecule has 1 aliphatic rings. The lowest BCUT2D eigenvalue weighted by Crippen LogP contribution is -2.32. The van der Waals surface area contributed by atoms with Crippen molar-refractivity contribution in [1.29, 1.82) is 0 Å². The van der Waals surface area contributed by atoms with Gasteiger partial charge in [0.1, 0.15) is 5.70 Å². The van der Waals surface area contributed by atoms with E-state index >= 15 is 0 Å². The van der Waals surface area contributed by atoms with Crippen LogP contribution in [0.5, 0.6) is 28.7 Å². The Morgan fingerprint density at radius 2 is 1.62 bits per heavy atom. The number of non-ortho nitro benzene ring substituents is 1. The van der Waals surface area contributed by atoms with E-state index < -0.39 is 33.0 Å². The van der Waals surface area contributed by atoms with Gasteiger partial charge in [0.25, 0.3) is 17.5 Å². The molecule has 15 nitrogen and oxygen atoms in total. The summed E-state index contributed by atoms with van der Waals surface area (Å²) in [7, 11) is 0. The van der Waals surface area contributed by atoms with Crippen LogP contribution in [0.1, 0.15) is 28.4 Å². The molecule has 1 heterocycles. The zero-order valence-corrected chi connectivity index (χ0v) is 24.6. The fourth-order valence-electron chi connectivity index (χ4n) is 4.26. The van der Waals surface area contributed by atoms with Crippen LogP contribution in [0.2, 0.25) is 0 Å². The molecule has 5 rings (SSSR count). The van der Waals surface area contributed by atoms with E-state index in [1.807, 2.05) is 0 Å². The third-order valence-electron chi connectivity index (χ3n) is 6.45. The number of nitrogens with one attached hydrogen (secondary N) is 2. The predicted octanol–water partition coefficient (Wildman–Crippen LogP) is 5.34. The summed E-state index contributed by atoms with van der Waals surface area (Å²) in [6.45, 7) is 2.01. The number of hydrazone groups is 1. The van der Waals surface area contributed by atoms with Crippen LogP contribution >= 0.6 is 0 Å². The minimum absolute atomic E-state index is 0.0738. The molecule has 0 saturated carbocycles. The molecule has 0 aromatic heterocycles. The second kappa shape index (κ2) is 14.3. The topological polar surface area (TPSA) is 194 Å². The highest BCUT2D eigenvalue weighted by Crippen LogP contribution is 2.38. The number of hydrogen-bond donors (Lipinski definition) is 2. The molecule has 238 valence electrons. The Kier molecular flexibility index (Phi) is 9.66. The highest BCUT2D eigenvalue weighted by atomic mass is 16.7. The van der Waals surface area contributed by atoms with Crippen molar-refractivity contribution in [3.05, 3.63) is 128 Å². The summed E-state index contributed by atoms with van der Waals surface area (Å²) in [5.41, 5.74) is 2.58. The number of hydrogen-bond acceptors (Lipinski definition) is 11. The number of benzene rings is 4. The zero-order valence-electron chi connectivity index (χ0n) is 24.6. The molecule has 4 aromatic rings. The molecule has 0 unspecified atom stereocenters. The Morgan fingerprint density at radius 3 is 2.36 bits per heavy atom. The molecular weight excluding hydrogens is 614 g/mol. The summed E-state index contributed by atoms with van der Waals surface area (Å²) >= 11 is 0. The molecular formula is C32H25N5O10. The highest BCUT2D eigenvalue weighted by Gasteiger charge is 2.22. The number of nitro groups is 2. The summed E-state index contributed by atoms with van der Waals surface area (Å²) in [5.74, 6) is -0.127. The van der Waals surface area contributed by atoms with Crippen molar-refractivity contribution in [3.63, 3.8) is 0 Å². The van der Waals surface area contributed by atoms with E-state index in [-0.39, 0.29) is 36.3 Å². The number of ether oxygens (including phenoxy) is 4. The van der Waals surface area contributed by atoms with Crippen molar-refractivity contribution in [1.82, 2.24) is 10.7 Å². The van der Waals surface area contributed by atoms with Crippen LogP contribution in [0.25, 0.3) is 6.08 Å². The monoisotopic (exact) mass is 639 g/mol. The summed E-state index contributed by atoms with van der Waals surface area (Å²) in [6, 6.07) is 21.0. The number of carbonyl (C=O) groups is 2. The average molecular weight is 640 g/mol. The lowest BCUT2D eigenvalue weighted by atomic mass is 10.1. The van der Waals surface area contributed by atoms with Gasteiger partial charge in [0.2, 0.25) is 12.5 Å². The van der Waals surface area contributed by atoms with E-state index in [0.29, 0.717) is 28.2 Å². The van der Waals surface area contributed by atoms with Crippen LogP contribution in [0.3, 0.4) is 0 Å². The van der Waals surface area contributed by atoms with Gasteiger partial charge in [-0.3, -0.25) is 29.8 Å². The molecule has 47 heavy (non-hydrogen) atoms. The molecule has 0 radical (unpaired) electrons. The van der Waals surface area contributed by atoms with Crippen molar-refractivity contribution in [2.75, 3.05) is 13.4 Å². The van der Waals surface area contributed by atoms with Crippen LogP contribution in [0.15, 0.2) is 95.7 Å². The van der Waals surface area contributed by atoms with Gasteiger partial charge in [0, 0.05) is 11.6 Å². The molecule has 2 amide bonds. The van der Waals surface area contributed by atoms with Gasteiger partial charge in [-0.25, -0.2) is 5.43 Å². The van der Waals surface area contributed by atoms with Crippen LogP contribution in [-0.2, 0) is 4.79 Å². The molecule has 0 bridgehead atoms. The molecule has 0 atom stereocenters. The Hall–Kier alpha value is -6.77. The first-order valence-corrected chi connectivity index (χ1v) is 13.9. The third-order valence-corrected chi connectivity index (χ3v) is 6.45. The van der Waals surface area contributed by atoms with E-state index in [4.69, 9.17) is 18.9 Å². The van der Waals surface area contributed by atoms with Crippen molar-refractivity contribution in [2.24, 2.45) is 5.10 Å². The normalized spacial score (nSPS) is 12.0. The standard InChI is InChI=1S/C32H25N5O10/c1-2-44-30-16-21(9-12-28(30)47-26-13-10-23(36(40)41)17-25(26)37(42)43)18-33-35-32(39)24(34-31(38)22-6-4-3-5-7-22)14-20-8-11-27-29(15-20)46-19-45-27/h3-18H,2,19H2,1H3,(H,34,38)(H,35,39). The number of rotatable bonds is 12. The summed E-state index contributed by atoms with van der Waals surface area (Å²) in [6.07, 6.45) is 2.78. The summed E-state index contributed by atoms with van der Waals surface area (Å²) < 4.78 is 22.1. The molecule has 0 fully saturated rings. The number of nitrogens with zero attached hydrogens (tertiary/aromatic N) is 3. The quantitative estimate of drug-likeness (QED) is 0.0884. The van der Waals surface area contributed by atoms with E-state index in [1.54, 1.807) is 61.5 Å². The van der Waals surface area contributed by atoms with E-state index in [0.717, 1.165) is 18.2 Å². The van der Waals surface area contributed by atoms with Gasteiger partial charge in [-0.1, -0.05) is 24.3 Å². The first-order valence-electron chi connectivity index (χ1n) is 13.9. The molecule has 2 N–H and O–H groups in total. The van der Waals surface area contributed by atoms with Crippen molar-refractivity contribution < 1.29 is 38.4 Å². The Bertz CT molecular complexity index is 1910. The Labute approximate surface area is 266 Å². The van der Waals surface area contributed by atoms with Crippen LogP contribution in [-0.4, -0.2) is 41.3 Å². The minimum atomic E-state index is -0.788. The lowest BCUT2D eigenvalue weighted by molar-refractivity contribution is -0.394. The lowest BCUT2D eigenvalue weighted by Gasteiger charge is -2.12. The Morgan fingerprint density at radius 1 is 0.872 bits per heavy atom. The smallest absolute Gasteiger partial charge is 0.318 e. The van der Waals surface area contributed by atoms with Gasteiger partial charge in [-0.15, -0.1) is 0 Å². The van der Waals surface area contributed by atoms with Gasteiger partial charge in [0.05, 0.1) is 28.7 Å². The second-order valence-electron chi connectivity index (χ2n) is 9.60. The van der Waals surface area contributed by atoms with Gasteiger partial charge < -0.3 is 24.3 Å². The van der Waals surface area contributed by atoms with Gasteiger partial charge in [-0.05, 0) is 72.7 Å². The van der Waals surface area contributed by atoms with Gasteiger partial charge in [-0.2, -0.15) is 5.10 Å². The second-order valence-corrected chi connectivity index (χ2v) is 9.60. The SMILES string of the molecule is CCOc1cc(C=NNC(=O)C(=Cc2ccc3c(c2)OCO3)NC(=O)c2ccccc2)ccc1Oc1ccc([N+](=O)[O-])cc1[N+](=O)[O-]. The van der Waals surface area contributed by atoms with E-state index in [2.05, 4.69) is 15.8 Å². The molecule has 0 aliphatic carbocycles. The zero-order chi connectivity index (χ0) is 33.3. The number of nitro benzene ring substituents is 2. The number of amides is 2. The molecule has 4 aromatic carbocycles. The fraction of sp³-hybridized carbons (Fsp3) is 0.0938. The van der Waals surface area contributed by atoms with Crippen LogP contribution < -0.4 is 29.7 Å². The molecule has 0 spiro atoms. The largest absolute Gasteiger partial charge is 0.490 e. The fourth-order valence-corrected chi connectivity index (χ4v) is 4.26. The predicted molar refractivity (Wildman–Crippen MR) is 168 cm³/mol. The molecule has 15 heteroatoms. The van der Waals surface area contributed by atoms with Gasteiger partial charge >= 0.3 is 5.69 Å². The first kappa shape index (κ1) is 31.6. The summed E-state index contributed by atoms with van der Waals surface area (Å²) in [5, 5.41) is 29.2. The maximum atomic E-state index is 13.2. The highest BCUT2D eigenvalue weighted by molar-refractivity contribution is 6.05. The van der Waals surface area contributed by atoms with Crippen molar-refractivity contribution >= 4 is 35.5 Å². The van der Waals surface area contributed by atoms with E-state index in [1.165, 1.54) is 24.4 Å². The minimum Gasteiger partial charge on any atom is -0.490 e. The molecule has 1 aliphatic heterocycles. The molecule has 0 saturated heterocycles. The Balaban J connectivity index is 1.35. The maximum Gasteiger partial charge on any atom is 0.318 e. The van der Waals surface area contributed by atoms with Crippen molar-refractivity contribution in [3.8, 4) is 28.7 Å². The van der Waals surface area contributed by atoms with Gasteiger partial charge in [0.15, 0.2) is 23.0 Å². The van der Waals surface area contributed by atoms with Crippen molar-refractivity contribution in [2.45, 2.75) is 6.92 Å². The van der Waals surface area contributed by atoms with Crippen LogP contribution in [0, 0.1) is 20.2 Å². The number of carbonyl (C=O) groups excluding carboxylic acids is 2. The first-order chi connectivity index (χ1) is 22.7. The number of fused-ring (bicyclic) bond motifs is 1. The average Bonchev–Trinajstić information content (AvgIpc) is 3.54.